The van der Waals surface area contributed by atoms with Crippen molar-refractivity contribution < 1.29 is 9.53 Å². The van der Waals surface area contributed by atoms with Crippen LogP contribution < -0.4 is 21.3 Å². The number of nitrogens with one attached hydrogen (secondary N) is 2. The Morgan fingerprint density at radius 1 is 1.26 bits per heavy atom. The lowest BCUT2D eigenvalue weighted by molar-refractivity contribution is 0.102. The number of nitrogens with two attached hydrogens (primary N) is 1. The molecule has 0 bridgehead atoms. The van der Waals surface area contributed by atoms with Gasteiger partial charge in [-0.2, -0.15) is 0 Å². The Morgan fingerprint density at radius 3 is 2.68 bits per heavy atom. The number of carbonyl (C=O) groups is 1. The molecule has 19 heavy (non-hydrogen) atoms. The predicted octanol–water partition coefficient (Wildman–Crippen LogP) is 1.63. The molecular formula is C13H14N4O2. The van der Waals surface area contributed by atoms with Crippen LogP contribution in [0.1, 0.15) is 10.4 Å². The highest BCUT2D eigenvalue weighted by atomic mass is 16.5. The highest BCUT2D eigenvalue weighted by Gasteiger charge is 2.10. The van der Waals surface area contributed by atoms with Gasteiger partial charge in [0.15, 0.2) is 0 Å². The molecule has 1 aromatic carbocycles. The Morgan fingerprint density at radius 2 is 2.05 bits per heavy atom. The van der Waals surface area contributed by atoms with Gasteiger partial charge in [0.05, 0.1) is 30.2 Å². The lowest BCUT2D eigenvalue weighted by atomic mass is 10.1. The second kappa shape index (κ2) is 5.83. The van der Waals surface area contributed by atoms with Crippen LogP contribution in [0.3, 0.4) is 0 Å². The van der Waals surface area contributed by atoms with Crippen LogP contribution in [-0.4, -0.2) is 18.0 Å². The van der Waals surface area contributed by atoms with Gasteiger partial charge in [-0.25, -0.2) is 4.98 Å². The molecule has 2 aromatic rings. The maximum atomic E-state index is 12.1. The second-order valence-corrected chi connectivity index (χ2v) is 3.73. The molecule has 0 fully saturated rings. The SMILES string of the molecule is COc1ccc(NC(=O)c2ccccc2NN)cn1. The van der Waals surface area contributed by atoms with Gasteiger partial charge in [-0.15, -0.1) is 0 Å². The maximum absolute atomic E-state index is 12.1. The molecule has 1 amide bonds. The standard InChI is InChI=1S/C13H14N4O2/c1-19-12-7-6-9(8-15-12)16-13(18)10-4-2-3-5-11(10)17-14/h2-8,17H,14H2,1H3,(H,16,18). The van der Waals surface area contributed by atoms with Crippen molar-refractivity contribution in [3.8, 4) is 5.88 Å². The van der Waals surface area contributed by atoms with E-state index < -0.39 is 0 Å². The van der Waals surface area contributed by atoms with Gasteiger partial charge < -0.3 is 15.5 Å². The van der Waals surface area contributed by atoms with Crippen LogP contribution in [0.4, 0.5) is 11.4 Å². The molecule has 0 aliphatic rings. The third-order valence-electron chi connectivity index (χ3n) is 2.53. The first-order valence-corrected chi connectivity index (χ1v) is 5.61. The molecule has 1 heterocycles. The summed E-state index contributed by atoms with van der Waals surface area (Å²) < 4.78 is 4.94. The summed E-state index contributed by atoms with van der Waals surface area (Å²) in [6.07, 6.45) is 1.52. The van der Waals surface area contributed by atoms with Crippen LogP contribution in [0.15, 0.2) is 42.6 Å². The van der Waals surface area contributed by atoms with Crippen LogP contribution in [0.5, 0.6) is 5.88 Å². The number of carbonyl (C=O) groups excluding carboxylic acids is 1. The van der Waals surface area contributed by atoms with Crippen LogP contribution in [0, 0.1) is 0 Å². The van der Waals surface area contributed by atoms with E-state index in [9.17, 15) is 4.79 Å². The molecule has 0 saturated heterocycles. The van der Waals surface area contributed by atoms with Crippen molar-refractivity contribution in [3.05, 3.63) is 48.2 Å². The number of amides is 1. The smallest absolute Gasteiger partial charge is 0.257 e. The number of aromatic nitrogens is 1. The summed E-state index contributed by atoms with van der Waals surface area (Å²) in [5.41, 5.74) is 4.08. The number of methoxy groups -OCH3 is 1. The zero-order chi connectivity index (χ0) is 13.7. The molecule has 6 heteroatoms. The van der Waals surface area contributed by atoms with Gasteiger partial charge in [0.2, 0.25) is 5.88 Å². The molecule has 4 N–H and O–H groups in total. The quantitative estimate of drug-likeness (QED) is 0.573. The largest absolute Gasteiger partial charge is 0.481 e. The minimum Gasteiger partial charge on any atom is -0.481 e. The Hall–Kier alpha value is -2.60. The number of hydrogen-bond donors (Lipinski definition) is 3. The van der Waals surface area contributed by atoms with Crippen molar-refractivity contribution in [2.75, 3.05) is 17.9 Å². The summed E-state index contributed by atoms with van der Waals surface area (Å²) in [7, 11) is 1.53. The number of hydrazine groups is 1. The molecule has 0 saturated carbocycles. The van der Waals surface area contributed by atoms with E-state index in [0.29, 0.717) is 22.8 Å². The topological polar surface area (TPSA) is 89.3 Å². The van der Waals surface area contributed by atoms with Gasteiger partial charge in [-0.1, -0.05) is 12.1 Å². The van der Waals surface area contributed by atoms with Crippen molar-refractivity contribution in [2.45, 2.75) is 0 Å². The number of para-hydroxylation sites is 1. The number of hydrogen-bond acceptors (Lipinski definition) is 5. The fourth-order valence-electron chi connectivity index (χ4n) is 1.58. The van der Waals surface area contributed by atoms with Crippen molar-refractivity contribution in [2.24, 2.45) is 5.84 Å². The van der Waals surface area contributed by atoms with Crippen LogP contribution in [-0.2, 0) is 0 Å². The third-order valence-corrected chi connectivity index (χ3v) is 2.53. The number of rotatable bonds is 4. The minimum absolute atomic E-state index is 0.263. The summed E-state index contributed by atoms with van der Waals surface area (Å²) >= 11 is 0. The number of anilines is 2. The van der Waals surface area contributed by atoms with E-state index in [2.05, 4.69) is 15.7 Å². The van der Waals surface area contributed by atoms with Crippen molar-refractivity contribution in [3.63, 3.8) is 0 Å². The van der Waals surface area contributed by atoms with E-state index in [1.807, 2.05) is 0 Å². The van der Waals surface area contributed by atoms with E-state index in [0.717, 1.165) is 0 Å². The molecule has 98 valence electrons. The average molecular weight is 258 g/mol. The Balaban J connectivity index is 2.16. The fourth-order valence-corrected chi connectivity index (χ4v) is 1.58. The van der Waals surface area contributed by atoms with Gasteiger partial charge in [-0.05, 0) is 18.2 Å². The molecule has 0 aliphatic carbocycles. The van der Waals surface area contributed by atoms with E-state index >= 15 is 0 Å². The van der Waals surface area contributed by atoms with Gasteiger partial charge in [0, 0.05) is 6.07 Å². The molecule has 6 nitrogen and oxygen atoms in total. The first-order valence-electron chi connectivity index (χ1n) is 5.61. The lowest BCUT2D eigenvalue weighted by Crippen LogP contribution is -2.17. The van der Waals surface area contributed by atoms with Crippen molar-refractivity contribution in [1.29, 1.82) is 0 Å². The molecule has 0 aliphatic heterocycles. The van der Waals surface area contributed by atoms with Gasteiger partial charge in [-0.3, -0.25) is 10.6 Å². The Labute approximate surface area is 110 Å². The fraction of sp³-hybridized carbons (Fsp3) is 0.0769. The number of nitrogens with zero attached hydrogens (tertiary/aromatic N) is 1. The normalized spacial score (nSPS) is 9.79. The molecule has 1 aromatic heterocycles. The van der Waals surface area contributed by atoms with Gasteiger partial charge in [0.1, 0.15) is 0 Å². The van der Waals surface area contributed by atoms with E-state index in [-0.39, 0.29) is 5.91 Å². The molecule has 0 radical (unpaired) electrons. The molecule has 0 atom stereocenters. The minimum atomic E-state index is -0.263. The summed E-state index contributed by atoms with van der Waals surface area (Å²) in [6, 6.07) is 10.3. The van der Waals surface area contributed by atoms with Crippen LogP contribution >= 0.6 is 0 Å². The first-order chi connectivity index (χ1) is 9.24. The lowest BCUT2D eigenvalue weighted by Gasteiger charge is -2.09. The van der Waals surface area contributed by atoms with Gasteiger partial charge >= 0.3 is 0 Å². The monoisotopic (exact) mass is 258 g/mol. The number of pyridine rings is 1. The van der Waals surface area contributed by atoms with E-state index in [4.69, 9.17) is 10.6 Å². The summed E-state index contributed by atoms with van der Waals surface area (Å²) in [5, 5.41) is 2.73. The average Bonchev–Trinajstić information content (AvgIpc) is 2.48. The number of benzene rings is 1. The van der Waals surface area contributed by atoms with Crippen LogP contribution in [0.25, 0.3) is 0 Å². The van der Waals surface area contributed by atoms with Crippen LogP contribution in [0.2, 0.25) is 0 Å². The highest BCUT2D eigenvalue weighted by Crippen LogP contribution is 2.17. The summed E-state index contributed by atoms with van der Waals surface area (Å²) in [4.78, 5) is 16.1. The maximum Gasteiger partial charge on any atom is 0.257 e. The molecular weight excluding hydrogens is 244 g/mol. The second-order valence-electron chi connectivity index (χ2n) is 3.73. The summed E-state index contributed by atoms with van der Waals surface area (Å²) in [5.74, 6) is 5.59. The Kier molecular flexibility index (Phi) is 3.94. The summed E-state index contributed by atoms with van der Waals surface area (Å²) in [6.45, 7) is 0. The molecule has 2 rings (SSSR count). The predicted molar refractivity (Wildman–Crippen MR) is 73.0 cm³/mol. The van der Waals surface area contributed by atoms with Crippen molar-refractivity contribution >= 4 is 17.3 Å². The number of nitrogen functional groups attached to an aromatic ring is 1. The Bertz CT molecular complexity index is 569. The highest BCUT2D eigenvalue weighted by molar-refractivity contribution is 6.07. The number of ether oxygens (including phenoxy) is 1. The van der Waals surface area contributed by atoms with E-state index in [1.165, 1.54) is 13.3 Å². The third kappa shape index (κ3) is 2.99. The van der Waals surface area contributed by atoms with Crippen molar-refractivity contribution in [1.82, 2.24) is 4.98 Å². The zero-order valence-electron chi connectivity index (χ0n) is 10.4. The zero-order valence-corrected chi connectivity index (χ0v) is 10.4. The van der Waals surface area contributed by atoms with E-state index in [1.54, 1.807) is 36.4 Å². The first kappa shape index (κ1) is 12.8. The molecule has 0 unspecified atom stereocenters. The van der Waals surface area contributed by atoms with Gasteiger partial charge in [0.25, 0.3) is 5.91 Å². The molecule has 0 spiro atoms.